The molecule has 0 bridgehead atoms. The number of hydrogen-bond donors (Lipinski definition) is 2. The molecule has 0 spiro atoms. The summed E-state index contributed by atoms with van der Waals surface area (Å²) in [5, 5.41) is 12.7. The van der Waals surface area contributed by atoms with Crippen LogP contribution in [0.25, 0.3) is 27.5 Å². The van der Waals surface area contributed by atoms with Gasteiger partial charge in [-0.1, -0.05) is 30.3 Å². The molecule has 2 aromatic heterocycles. The standard InChI is InChI=1S/C30H26F3N3O2/c1-17-10-18(2)12-22(11-17)36-27-14-21(30(31,32)33)8-9-25(27)28(29(36)38)19(3)34-16-23(37)13-20-15-35-26-7-5-4-6-24(20)26/h4-12,14-15,35,38H,13,16H2,1-3H3. The first-order valence-corrected chi connectivity index (χ1v) is 12.1. The van der Waals surface area contributed by atoms with Crippen LogP contribution >= 0.6 is 0 Å². The number of aryl methyl sites for hydroxylation is 2. The number of carbonyl (C=O) groups excluding carboxylic acids is 1. The quantitative estimate of drug-likeness (QED) is 0.237. The highest BCUT2D eigenvalue weighted by Gasteiger charge is 2.32. The summed E-state index contributed by atoms with van der Waals surface area (Å²) < 4.78 is 42.1. The SMILES string of the molecule is CC(=NCC(=O)Cc1c[nH]c2ccccc12)c1c(O)n(-c2cc(C)cc(C)c2)c2cc(C(F)(F)F)ccc12. The maximum Gasteiger partial charge on any atom is 0.416 e. The van der Waals surface area contributed by atoms with Gasteiger partial charge in [0.15, 0.2) is 5.78 Å². The van der Waals surface area contributed by atoms with Crippen LogP contribution in [0.3, 0.4) is 0 Å². The molecule has 0 aliphatic carbocycles. The third-order valence-electron chi connectivity index (χ3n) is 6.65. The number of hydrogen-bond acceptors (Lipinski definition) is 3. The predicted molar refractivity (Wildman–Crippen MR) is 144 cm³/mol. The molecule has 194 valence electrons. The van der Waals surface area contributed by atoms with Gasteiger partial charge in [0, 0.05) is 40.3 Å². The van der Waals surface area contributed by atoms with E-state index in [1.165, 1.54) is 10.6 Å². The first-order valence-electron chi connectivity index (χ1n) is 12.1. The van der Waals surface area contributed by atoms with Crippen LogP contribution in [0.15, 0.2) is 71.9 Å². The van der Waals surface area contributed by atoms with Gasteiger partial charge in [0.2, 0.25) is 5.88 Å². The molecule has 0 aliphatic rings. The average molecular weight is 518 g/mol. The Hall–Kier alpha value is -4.33. The van der Waals surface area contributed by atoms with Gasteiger partial charge in [0.05, 0.1) is 23.2 Å². The zero-order valence-corrected chi connectivity index (χ0v) is 21.1. The van der Waals surface area contributed by atoms with Crippen molar-refractivity contribution < 1.29 is 23.1 Å². The highest BCUT2D eigenvalue weighted by molar-refractivity contribution is 6.13. The Morgan fingerprint density at radius 3 is 2.42 bits per heavy atom. The summed E-state index contributed by atoms with van der Waals surface area (Å²) >= 11 is 0. The molecule has 0 saturated heterocycles. The molecule has 38 heavy (non-hydrogen) atoms. The lowest BCUT2D eigenvalue weighted by molar-refractivity contribution is -0.137. The van der Waals surface area contributed by atoms with Crippen molar-refractivity contribution in [1.82, 2.24) is 9.55 Å². The molecule has 8 heteroatoms. The number of aromatic nitrogens is 2. The summed E-state index contributed by atoms with van der Waals surface area (Å²) in [7, 11) is 0. The number of benzene rings is 3. The van der Waals surface area contributed by atoms with Crippen molar-refractivity contribution in [1.29, 1.82) is 0 Å². The van der Waals surface area contributed by atoms with Crippen LogP contribution in [-0.2, 0) is 17.4 Å². The number of para-hydroxylation sites is 1. The molecular formula is C30H26F3N3O2. The van der Waals surface area contributed by atoms with Crippen molar-refractivity contribution >= 4 is 33.3 Å². The fraction of sp³-hybridized carbons (Fsp3) is 0.200. The number of aromatic amines is 1. The van der Waals surface area contributed by atoms with Crippen LogP contribution < -0.4 is 0 Å². The van der Waals surface area contributed by atoms with Crippen molar-refractivity contribution in [2.45, 2.75) is 33.4 Å². The molecule has 0 unspecified atom stereocenters. The van der Waals surface area contributed by atoms with Crippen molar-refractivity contribution in [2.24, 2.45) is 4.99 Å². The van der Waals surface area contributed by atoms with Crippen LogP contribution in [0.5, 0.6) is 5.88 Å². The topological polar surface area (TPSA) is 70.4 Å². The van der Waals surface area contributed by atoms with Crippen molar-refractivity contribution in [2.75, 3.05) is 6.54 Å². The Morgan fingerprint density at radius 2 is 1.71 bits per heavy atom. The van der Waals surface area contributed by atoms with Gasteiger partial charge in [0.1, 0.15) is 0 Å². The molecule has 0 fully saturated rings. The molecular weight excluding hydrogens is 491 g/mol. The van der Waals surface area contributed by atoms with E-state index in [0.29, 0.717) is 22.3 Å². The fourth-order valence-corrected chi connectivity index (χ4v) is 4.98. The van der Waals surface area contributed by atoms with E-state index >= 15 is 0 Å². The monoisotopic (exact) mass is 517 g/mol. The number of ketones is 1. The number of aromatic hydroxyl groups is 1. The number of H-pyrrole nitrogens is 1. The lowest BCUT2D eigenvalue weighted by atomic mass is 10.1. The number of alkyl halides is 3. The van der Waals surface area contributed by atoms with Crippen LogP contribution in [0.2, 0.25) is 0 Å². The number of nitrogens with one attached hydrogen (secondary N) is 1. The molecule has 0 saturated carbocycles. The van der Waals surface area contributed by atoms with Crippen molar-refractivity contribution in [3.63, 3.8) is 0 Å². The Balaban J connectivity index is 1.54. The Bertz CT molecular complexity index is 1700. The van der Waals surface area contributed by atoms with Gasteiger partial charge < -0.3 is 10.1 Å². The molecule has 2 heterocycles. The Kier molecular flexibility index (Phi) is 6.34. The second-order valence-electron chi connectivity index (χ2n) is 9.59. The van der Waals surface area contributed by atoms with E-state index in [2.05, 4.69) is 9.98 Å². The number of aliphatic imine (C=N–C) groups is 1. The second kappa shape index (κ2) is 9.52. The highest BCUT2D eigenvalue weighted by atomic mass is 19.4. The fourth-order valence-electron chi connectivity index (χ4n) is 4.98. The molecule has 5 aromatic rings. The minimum atomic E-state index is -4.54. The predicted octanol–water partition coefficient (Wildman–Crippen LogP) is 7.07. The summed E-state index contributed by atoms with van der Waals surface area (Å²) in [6.45, 7) is 5.29. The van der Waals surface area contributed by atoms with Gasteiger partial charge in [-0.15, -0.1) is 0 Å². The molecule has 0 radical (unpaired) electrons. The summed E-state index contributed by atoms with van der Waals surface area (Å²) in [6.07, 6.45) is -2.55. The number of rotatable bonds is 6. The van der Waals surface area contributed by atoms with Crippen LogP contribution in [0, 0.1) is 13.8 Å². The van der Waals surface area contributed by atoms with E-state index in [0.717, 1.165) is 39.7 Å². The number of Topliss-reactive ketones (excluding diaryl/α,β-unsaturated/α-hetero) is 1. The molecule has 3 aromatic carbocycles. The van der Waals surface area contributed by atoms with E-state index in [9.17, 15) is 23.1 Å². The average Bonchev–Trinajstić information content (AvgIpc) is 3.38. The van der Waals surface area contributed by atoms with Gasteiger partial charge in [-0.2, -0.15) is 13.2 Å². The Labute approximate surface area is 217 Å². The van der Waals surface area contributed by atoms with Gasteiger partial charge in [0.25, 0.3) is 0 Å². The van der Waals surface area contributed by atoms with Gasteiger partial charge >= 0.3 is 6.18 Å². The van der Waals surface area contributed by atoms with E-state index in [1.54, 1.807) is 25.3 Å². The zero-order valence-electron chi connectivity index (χ0n) is 21.1. The van der Waals surface area contributed by atoms with Crippen LogP contribution in [0.4, 0.5) is 13.2 Å². The van der Waals surface area contributed by atoms with E-state index in [-0.39, 0.29) is 30.1 Å². The number of halogens is 3. The maximum atomic E-state index is 13.6. The highest BCUT2D eigenvalue weighted by Crippen LogP contribution is 2.39. The Morgan fingerprint density at radius 1 is 1.00 bits per heavy atom. The number of nitrogens with zero attached hydrogens (tertiary/aromatic N) is 2. The lowest BCUT2D eigenvalue weighted by Gasteiger charge is -2.11. The summed E-state index contributed by atoms with van der Waals surface area (Å²) in [6, 6.07) is 16.6. The van der Waals surface area contributed by atoms with Gasteiger partial charge in [-0.05, 0) is 67.8 Å². The molecule has 2 N–H and O–H groups in total. The van der Waals surface area contributed by atoms with Crippen LogP contribution in [-0.4, -0.2) is 32.7 Å². The van der Waals surface area contributed by atoms with Gasteiger partial charge in [-0.25, -0.2) is 0 Å². The largest absolute Gasteiger partial charge is 0.494 e. The summed E-state index contributed by atoms with van der Waals surface area (Å²) in [5.74, 6) is -0.347. The smallest absolute Gasteiger partial charge is 0.416 e. The summed E-state index contributed by atoms with van der Waals surface area (Å²) in [4.78, 5) is 20.4. The normalized spacial score (nSPS) is 12.5. The number of fused-ring (bicyclic) bond motifs is 2. The first kappa shape index (κ1) is 25.3. The van der Waals surface area contributed by atoms with E-state index in [4.69, 9.17) is 0 Å². The second-order valence-corrected chi connectivity index (χ2v) is 9.59. The molecule has 0 aliphatic heterocycles. The molecule has 5 nitrogen and oxygen atoms in total. The van der Waals surface area contributed by atoms with E-state index < -0.39 is 11.7 Å². The minimum absolute atomic E-state index is 0.119. The van der Waals surface area contributed by atoms with Crippen molar-refractivity contribution in [3.8, 4) is 11.6 Å². The van der Waals surface area contributed by atoms with Gasteiger partial charge in [-0.3, -0.25) is 14.4 Å². The van der Waals surface area contributed by atoms with Crippen molar-refractivity contribution in [3.05, 3.63) is 94.7 Å². The van der Waals surface area contributed by atoms with E-state index in [1.807, 2.05) is 44.2 Å². The third kappa shape index (κ3) is 4.69. The number of carbonyl (C=O) groups is 1. The van der Waals surface area contributed by atoms with Crippen LogP contribution in [0.1, 0.15) is 34.7 Å². The molecule has 0 amide bonds. The zero-order chi connectivity index (χ0) is 27.2. The summed E-state index contributed by atoms with van der Waals surface area (Å²) in [5.41, 5.74) is 4.21. The third-order valence-corrected chi connectivity index (χ3v) is 6.65. The molecule has 0 atom stereocenters. The first-order chi connectivity index (χ1) is 18.0. The molecule has 5 rings (SSSR count). The maximum absolute atomic E-state index is 13.6. The minimum Gasteiger partial charge on any atom is -0.494 e. The lowest BCUT2D eigenvalue weighted by Crippen LogP contribution is -2.08.